The zero-order valence-corrected chi connectivity index (χ0v) is 23.0. The lowest BCUT2D eigenvalue weighted by Gasteiger charge is -2.60. The number of piperazine rings is 1. The van der Waals surface area contributed by atoms with Gasteiger partial charge in [0.05, 0.1) is 17.6 Å². The normalized spacial score (nSPS) is 50.9. The van der Waals surface area contributed by atoms with E-state index in [0.717, 1.165) is 63.6 Å². The summed E-state index contributed by atoms with van der Waals surface area (Å²) in [6.07, 6.45) is 11.9. The van der Waals surface area contributed by atoms with Gasteiger partial charge in [0, 0.05) is 37.6 Å². The molecule has 0 radical (unpaired) electrons. The number of hydrogen-bond donors (Lipinski definition) is 1. The quantitative estimate of drug-likeness (QED) is 0.426. The lowest BCUT2D eigenvalue weighted by molar-refractivity contribution is -0.197. The van der Waals surface area contributed by atoms with Crippen molar-refractivity contribution in [3.8, 4) is 0 Å². The summed E-state index contributed by atoms with van der Waals surface area (Å²) in [6.45, 7) is 12.3. The van der Waals surface area contributed by atoms with E-state index in [4.69, 9.17) is 4.74 Å². The van der Waals surface area contributed by atoms with Gasteiger partial charge in [0.2, 0.25) is 0 Å². The maximum absolute atomic E-state index is 13.7. The fourth-order valence-corrected chi connectivity index (χ4v) is 11.6. The van der Waals surface area contributed by atoms with Gasteiger partial charge < -0.3 is 14.6 Å². The maximum Gasteiger partial charge on any atom is 0.315 e. The Morgan fingerprint density at radius 3 is 2.76 bits per heavy atom. The number of ether oxygens (including phenoxy) is 1. The summed E-state index contributed by atoms with van der Waals surface area (Å²) in [5.41, 5.74) is -1.35. The summed E-state index contributed by atoms with van der Waals surface area (Å²) >= 11 is 0. The molecule has 6 heteroatoms. The number of aliphatic carboxylic acids is 1. The number of carboxylic acid groups (broad SMARTS) is 1. The molecule has 0 amide bonds. The molecule has 0 aromatic heterocycles. The highest BCUT2D eigenvalue weighted by atomic mass is 16.5. The Kier molecular flexibility index (Phi) is 5.61. The molecular formula is C31H46N2O4. The minimum absolute atomic E-state index is 0.0746. The predicted octanol–water partition coefficient (Wildman–Crippen LogP) is 4.24. The predicted molar refractivity (Wildman–Crippen MR) is 141 cm³/mol. The van der Waals surface area contributed by atoms with E-state index in [1.165, 1.54) is 25.9 Å². The van der Waals surface area contributed by atoms with Crippen LogP contribution in [0, 0.1) is 45.8 Å². The number of nitrogens with zero attached hydrogens (tertiary/aromatic N) is 2. The van der Waals surface area contributed by atoms with E-state index >= 15 is 0 Å². The van der Waals surface area contributed by atoms with Gasteiger partial charge in [0.25, 0.3) is 0 Å². The first-order valence-corrected chi connectivity index (χ1v) is 15.3. The van der Waals surface area contributed by atoms with E-state index < -0.39 is 22.2 Å². The van der Waals surface area contributed by atoms with Crippen molar-refractivity contribution in [1.29, 1.82) is 0 Å². The molecule has 204 valence electrons. The summed E-state index contributed by atoms with van der Waals surface area (Å²) in [6, 6.07) is 0.704. The first-order valence-electron chi connectivity index (χ1n) is 15.3. The zero-order valence-electron chi connectivity index (χ0n) is 23.0. The van der Waals surface area contributed by atoms with Crippen LogP contribution in [-0.4, -0.2) is 78.1 Å². The Balaban J connectivity index is 1.23. The lowest BCUT2D eigenvalue weighted by atomic mass is 9.41. The molecule has 1 N–H and O–H groups in total. The molecule has 0 aromatic rings. The summed E-state index contributed by atoms with van der Waals surface area (Å²) < 4.78 is 7.03. The third-order valence-electron chi connectivity index (χ3n) is 12.8. The van der Waals surface area contributed by atoms with Crippen LogP contribution in [0.15, 0.2) is 11.6 Å². The van der Waals surface area contributed by atoms with Gasteiger partial charge in [0.1, 0.15) is 11.7 Å². The molecule has 3 saturated carbocycles. The molecule has 37 heavy (non-hydrogen) atoms. The van der Waals surface area contributed by atoms with Crippen molar-refractivity contribution in [3.63, 3.8) is 0 Å². The number of carbonyl (C=O) groups excluding carboxylic acids is 1. The van der Waals surface area contributed by atoms with Gasteiger partial charge in [-0.05, 0) is 81.1 Å². The maximum atomic E-state index is 13.7. The van der Waals surface area contributed by atoms with Crippen LogP contribution < -0.4 is 0 Å². The molecule has 3 aliphatic heterocycles. The number of allylic oxidation sites excluding steroid dienone is 1. The number of aldehydes is 1. The molecule has 0 aromatic carbocycles. The van der Waals surface area contributed by atoms with Crippen molar-refractivity contribution < 1.29 is 19.4 Å². The first-order chi connectivity index (χ1) is 17.8. The van der Waals surface area contributed by atoms with Gasteiger partial charge in [0.15, 0.2) is 0 Å². The molecule has 3 heterocycles. The molecule has 3 saturated heterocycles. The monoisotopic (exact) mass is 510 g/mol. The van der Waals surface area contributed by atoms with Crippen LogP contribution in [0.1, 0.15) is 72.1 Å². The van der Waals surface area contributed by atoms with Crippen LogP contribution in [0.3, 0.4) is 0 Å². The second kappa shape index (κ2) is 8.38. The molecule has 4 bridgehead atoms. The summed E-state index contributed by atoms with van der Waals surface area (Å²) in [5, 5.41) is 11.3. The molecule has 4 aliphatic carbocycles. The smallest absolute Gasteiger partial charge is 0.315 e. The molecule has 6 nitrogen and oxygen atoms in total. The van der Waals surface area contributed by atoms with Crippen molar-refractivity contribution >= 4 is 12.3 Å². The van der Waals surface area contributed by atoms with Crippen LogP contribution in [0.2, 0.25) is 0 Å². The van der Waals surface area contributed by atoms with Crippen molar-refractivity contribution in [2.75, 3.05) is 32.7 Å². The highest BCUT2D eigenvalue weighted by Crippen LogP contribution is 2.84. The van der Waals surface area contributed by atoms with Crippen LogP contribution in [-0.2, 0) is 14.3 Å². The summed E-state index contributed by atoms with van der Waals surface area (Å²) in [7, 11) is 0. The lowest BCUT2D eigenvalue weighted by Crippen LogP contribution is -2.65. The van der Waals surface area contributed by atoms with E-state index in [1.54, 1.807) is 0 Å². The Morgan fingerprint density at radius 2 is 2.00 bits per heavy atom. The van der Waals surface area contributed by atoms with E-state index in [1.807, 2.05) is 0 Å². The average Bonchev–Trinajstić information content (AvgIpc) is 3.67. The number of carboxylic acids is 1. The molecule has 7 rings (SSSR count). The molecule has 0 spiro atoms. The second-order valence-electron chi connectivity index (χ2n) is 14.3. The van der Waals surface area contributed by atoms with Gasteiger partial charge in [-0.3, -0.25) is 14.6 Å². The van der Waals surface area contributed by atoms with Crippen molar-refractivity contribution in [3.05, 3.63) is 11.6 Å². The highest BCUT2D eigenvalue weighted by Gasteiger charge is 2.86. The van der Waals surface area contributed by atoms with E-state index in [0.29, 0.717) is 24.3 Å². The topological polar surface area (TPSA) is 70.1 Å². The van der Waals surface area contributed by atoms with Crippen LogP contribution >= 0.6 is 0 Å². The number of carbonyl (C=O) groups is 2. The van der Waals surface area contributed by atoms with Gasteiger partial charge in [-0.15, -0.1) is 0 Å². The highest BCUT2D eigenvalue weighted by molar-refractivity contribution is 5.90. The van der Waals surface area contributed by atoms with E-state index in [2.05, 4.69) is 36.6 Å². The Bertz CT molecular complexity index is 1010. The minimum Gasteiger partial charge on any atom is -0.481 e. The van der Waals surface area contributed by atoms with Crippen LogP contribution in [0.25, 0.3) is 0 Å². The van der Waals surface area contributed by atoms with Gasteiger partial charge in [-0.2, -0.15) is 0 Å². The van der Waals surface area contributed by atoms with Crippen LogP contribution in [0.4, 0.5) is 0 Å². The molecular weight excluding hydrogens is 464 g/mol. The van der Waals surface area contributed by atoms with Crippen molar-refractivity contribution in [2.45, 2.75) is 90.4 Å². The third kappa shape index (κ3) is 2.93. The zero-order chi connectivity index (χ0) is 25.7. The van der Waals surface area contributed by atoms with E-state index in [-0.39, 0.29) is 30.0 Å². The fourth-order valence-electron chi connectivity index (χ4n) is 11.6. The van der Waals surface area contributed by atoms with Crippen molar-refractivity contribution in [2.24, 2.45) is 45.8 Å². The SMILES string of the molecule is CC(C)C1=CC2CC3(C=O)[C@@H]4CC[C@@H](C)[C@H]4CC2(C2CCC(CN4CCN5CCCC5C4)O2)C13C(=O)O. The fraction of sp³-hybridized carbons (Fsp3) is 0.871. The Morgan fingerprint density at radius 1 is 1.16 bits per heavy atom. The number of fused-ring (bicyclic) bond motifs is 3. The first kappa shape index (κ1) is 24.8. The van der Waals surface area contributed by atoms with Gasteiger partial charge >= 0.3 is 5.97 Å². The third-order valence-corrected chi connectivity index (χ3v) is 12.8. The molecule has 6 fully saturated rings. The Hall–Kier alpha value is -1.24. The molecule has 7 aliphatic rings. The molecule has 10 atom stereocenters. The molecule has 7 unspecified atom stereocenters. The standard InChI is InChI=1S/C31H46N2O4/c1-19(2)26-13-21-14-29(18-34)25-8-6-20(3)24(25)15-30(21,31(26,29)28(35)36)27-9-7-23(37-27)17-32-11-12-33-10-4-5-22(33)16-32/h13,18-25,27H,4-12,14-17H2,1-3H3,(H,35,36)/t20-,21?,22?,23?,24-,25-,27?,29?,30?,31?/m1/s1. The Labute approximate surface area is 222 Å². The van der Waals surface area contributed by atoms with Crippen molar-refractivity contribution in [1.82, 2.24) is 9.80 Å². The van der Waals surface area contributed by atoms with Gasteiger partial charge in [-0.25, -0.2) is 0 Å². The second-order valence-corrected chi connectivity index (χ2v) is 14.3. The van der Waals surface area contributed by atoms with Crippen LogP contribution in [0.5, 0.6) is 0 Å². The summed E-state index contributed by atoms with van der Waals surface area (Å²) in [5.74, 6) is 0.680. The largest absolute Gasteiger partial charge is 0.481 e. The average molecular weight is 511 g/mol. The number of rotatable bonds is 6. The minimum atomic E-state index is -1.11. The van der Waals surface area contributed by atoms with E-state index in [9.17, 15) is 14.7 Å². The summed E-state index contributed by atoms with van der Waals surface area (Å²) in [4.78, 5) is 32.3. The number of hydrogen-bond acceptors (Lipinski definition) is 5. The van der Waals surface area contributed by atoms with Gasteiger partial charge in [-0.1, -0.05) is 38.8 Å².